The van der Waals surface area contributed by atoms with Crippen LogP contribution in [0.2, 0.25) is 0 Å². The van der Waals surface area contributed by atoms with E-state index in [-0.39, 0.29) is 5.91 Å². The Morgan fingerprint density at radius 1 is 1.53 bits per heavy atom. The second-order valence-corrected chi connectivity index (χ2v) is 6.93. The van der Waals surface area contributed by atoms with Crippen molar-refractivity contribution < 1.29 is 9.53 Å². The fourth-order valence-corrected chi connectivity index (χ4v) is 3.89. The Hall–Kier alpha value is -0.170. The number of halogens is 2. The molecule has 0 fully saturated rings. The van der Waals surface area contributed by atoms with Gasteiger partial charge in [-0.25, -0.2) is 0 Å². The van der Waals surface area contributed by atoms with Gasteiger partial charge in [-0.15, -0.1) is 17.9 Å². The Morgan fingerprint density at radius 2 is 2.29 bits per heavy atom. The third-order valence-corrected chi connectivity index (χ3v) is 4.24. The summed E-state index contributed by atoms with van der Waals surface area (Å²) in [5.41, 5.74) is 0.646. The number of hydrogen-bond donors (Lipinski definition) is 1. The van der Waals surface area contributed by atoms with Gasteiger partial charge < -0.3 is 10.1 Å². The average Bonchev–Trinajstić information content (AvgIpc) is 2.62. The molecule has 3 nitrogen and oxygen atoms in total. The molecule has 0 aliphatic carbocycles. The highest BCUT2D eigenvalue weighted by Gasteiger charge is 2.12. The lowest BCUT2D eigenvalue weighted by atomic mass is 10.3. The van der Waals surface area contributed by atoms with Gasteiger partial charge >= 0.3 is 0 Å². The molecule has 0 bridgehead atoms. The lowest BCUT2D eigenvalue weighted by Gasteiger charge is -2.04. The Kier molecular flexibility index (Phi) is 7.03. The van der Waals surface area contributed by atoms with Crippen LogP contribution in [-0.2, 0) is 4.74 Å². The molecule has 1 rings (SSSR count). The van der Waals surface area contributed by atoms with E-state index in [0.717, 1.165) is 14.0 Å². The van der Waals surface area contributed by atoms with Crippen molar-refractivity contribution in [3.05, 3.63) is 31.9 Å². The Balaban J connectivity index is 2.26. The smallest absolute Gasteiger partial charge is 0.253 e. The fraction of sp³-hybridized carbons (Fsp3) is 0.364. The first kappa shape index (κ1) is 14.9. The zero-order chi connectivity index (χ0) is 12.7. The molecule has 1 N–H and O–H groups in total. The van der Waals surface area contributed by atoms with Crippen molar-refractivity contribution in [1.82, 2.24) is 5.32 Å². The Morgan fingerprint density at radius 3 is 2.88 bits per heavy atom. The van der Waals surface area contributed by atoms with Crippen LogP contribution in [0.1, 0.15) is 16.8 Å². The molecule has 1 aromatic heterocycles. The molecule has 1 aromatic rings. The van der Waals surface area contributed by atoms with Gasteiger partial charge in [0.15, 0.2) is 0 Å². The second kappa shape index (κ2) is 8.02. The first-order valence-electron chi connectivity index (χ1n) is 5.07. The van der Waals surface area contributed by atoms with E-state index < -0.39 is 0 Å². The van der Waals surface area contributed by atoms with E-state index in [0.29, 0.717) is 25.3 Å². The SMILES string of the molecule is C=CCCOCCNC(=O)c1cc(Br)sc1Br. The fourth-order valence-electron chi connectivity index (χ4n) is 1.10. The summed E-state index contributed by atoms with van der Waals surface area (Å²) in [5.74, 6) is -0.0915. The van der Waals surface area contributed by atoms with Crippen LogP contribution in [0.5, 0.6) is 0 Å². The van der Waals surface area contributed by atoms with Crippen LogP contribution in [-0.4, -0.2) is 25.7 Å². The highest BCUT2D eigenvalue weighted by molar-refractivity contribution is 9.12. The molecule has 0 spiro atoms. The molecule has 0 saturated carbocycles. The largest absolute Gasteiger partial charge is 0.379 e. The van der Waals surface area contributed by atoms with E-state index >= 15 is 0 Å². The zero-order valence-corrected chi connectivity index (χ0v) is 13.2. The maximum atomic E-state index is 11.7. The lowest BCUT2D eigenvalue weighted by Crippen LogP contribution is -2.27. The summed E-state index contributed by atoms with van der Waals surface area (Å²) < 4.78 is 7.05. The van der Waals surface area contributed by atoms with Crippen LogP contribution >= 0.6 is 43.2 Å². The number of rotatable bonds is 7. The van der Waals surface area contributed by atoms with Crippen molar-refractivity contribution in [2.75, 3.05) is 19.8 Å². The molecular weight excluding hydrogens is 370 g/mol. The van der Waals surface area contributed by atoms with Crippen molar-refractivity contribution >= 4 is 49.1 Å². The maximum Gasteiger partial charge on any atom is 0.253 e. The molecule has 0 aliphatic rings. The van der Waals surface area contributed by atoms with Gasteiger partial charge in [-0.2, -0.15) is 0 Å². The molecule has 0 radical (unpaired) electrons. The van der Waals surface area contributed by atoms with E-state index in [1.165, 1.54) is 11.3 Å². The summed E-state index contributed by atoms with van der Waals surface area (Å²) in [6.07, 6.45) is 2.63. The highest BCUT2D eigenvalue weighted by atomic mass is 79.9. The standard InChI is InChI=1S/C11H13Br2NO2S/c1-2-3-5-16-6-4-14-11(15)8-7-9(12)17-10(8)13/h2,7H,1,3-6H2,(H,14,15). The number of amides is 1. The molecule has 1 amide bonds. The quantitative estimate of drug-likeness (QED) is 0.578. The first-order valence-corrected chi connectivity index (χ1v) is 7.47. The van der Waals surface area contributed by atoms with Gasteiger partial charge in [0.05, 0.1) is 26.4 Å². The summed E-state index contributed by atoms with van der Waals surface area (Å²) in [4.78, 5) is 11.7. The topological polar surface area (TPSA) is 38.3 Å². The first-order chi connectivity index (χ1) is 8.15. The zero-order valence-electron chi connectivity index (χ0n) is 9.17. The molecular formula is C11H13Br2NO2S. The number of ether oxygens (including phenoxy) is 1. The second-order valence-electron chi connectivity index (χ2n) is 3.18. The van der Waals surface area contributed by atoms with Gasteiger partial charge in [-0.3, -0.25) is 4.79 Å². The van der Waals surface area contributed by atoms with Crippen LogP contribution < -0.4 is 5.32 Å². The summed E-state index contributed by atoms with van der Waals surface area (Å²) in [5, 5.41) is 2.80. The van der Waals surface area contributed by atoms with Gasteiger partial charge in [0.2, 0.25) is 0 Å². The van der Waals surface area contributed by atoms with Crippen LogP contribution in [0.3, 0.4) is 0 Å². The number of carbonyl (C=O) groups is 1. The lowest BCUT2D eigenvalue weighted by molar-refractivity contribution is 0.0917. The Labute approximate surface area is 121 Å². The van der Waals surface area contributed by atoms with Crippen molar-refractivity contribution in [3.63, 3.8) is 0 Å². The highest BCUT2D eigenvalue weighted by Crippen LogP contribution is 2.31. The minimum absolute atomic E-state index is 0.0915. The Bertz CT molecular complexity index is 393. The number of thiophene rings is 1. The third-order valence-electron chi connectivity index (χ3n) is 1.90. The normalized spacial score (nSPS) is 10.2. The average molecular weight is 383 g/mol. The molecule has 6 heteroatoms. The predicted octanol–water partition coefficient (Wildman–Crippen LogP) is 3.60. The van der Waals surface area contributed by atoms with E-state index in [1.54, 1.807) is 12.1 Å². The van der Waals surface area contributed by atoms with Gasteiger partial charge in [-0.1, -0.05) is 6.08 Å². The van der Waals surface area contributed by atoms with Gasteiger partial charge in [0.25, 0.3) is 5.91 Å². The molecule has 94 valence electrons. The molecule has 0 aromatic carbocycles. The van der Waals surface area contributed by atoms with Crippen LogP contribution in [0, 0.1) is 0 Å². The van der Waals surface area contributed by atoms with Crippen LogP contribution in [0.4, 0.5) is 0 Å². The minimum Gasteiger partial charge on any atom is -0.379 e. The number of carbonyl (C=O) groups excluding carboxylic acids is 1. The molecule has 0 atom stereocenters. The molecule has 17 heavy (non-hydrogen) atoms. The monoisotopic (exact) mass is 381 g/mol. The van der Waals surface area contributed by atoms with Crippen LogP contribution in [0.15, 0.2) is 26.3 Å². The van der Waals surface area contributed by atoms with Crippen molar-refractivity contribution in [2.24, 2.45) is 0 Å². The van der Waals surface area contributed by atoms with Gasteiger partial charge in [0.1, 0.15) is 0 Å². The molecule has 0 unspecified atom stereocenters. The summed E-state index contributed by atoms with van der Waals surface area (Å²) in [7, 11) is 0. The van der Waals surface area contributed by atoms with Crippen molar-refractivity contribution in [3.8, 4) is 0 Å². The predicted molar refractivity (Wildman–Crippen MR) is 77.7 cm³/mol. The van der Waals surface area contributed by atoms with E-state index in [9.17, 15) is 4.79 Å². The van der Waals surface area contributed by atoms with Crippen LogP contribution in [0.25, 0.3) is 0 Å². The van der Waals surface area contributed by atoms with E-state index in [2.05, 4.69) is 43.8 Å². The molecule has 0 saturated heterocycles. The summed E-state index contributed by atoms with van der Waals surface area (Å²) in [6, 6.07) is 1.79. The molecule has 0 aliphatic heterocycles. The number of hydrogen-bond acceptors (Lipinski definition) is 3. The van der Waals surface area contributed by atoms with Crippen molar-refractivity contribution in [2.45, 2.75) is 6.42 Å². The summed E-state index contributed by atoms with van der Waals surface area (Å²) >= 11 is 8.16. The minimum atomic E-state index is -0.0915. The maximum absolute atomic E-state index is 11.7. The van der Waals surface area contributed by atoms with Gasteiger partial charge in [-0.05, 0) is 44.3 Å². The van der Waals surface area contributed by atoms with E-state index in [4.69, 9.17) is 4.74 Å². The number of nitrogens with one attached hydrogen (secondary N) is 1. The van der Waals surface area contributed by atoms with E-state index in [1.807, 2.05) is 0 Å². The molecule has 1 heterocycles. The van der Waals surface area contributed by atoms with Crippen molar-refractivity contribution in [1.29, 1.82) is 0 Å². The van der Waals surface area contributed by atoms with Gasteiger partial charge in [0, 0.05) is 6.54 Å². The third kappa shape index (κ3) is 5.33. The summed E-state index contributed by atoms with van der Waals surface area (Å²) in [6.45, 7) is 5.27.